The molecule has 3 aromatic heterocycles. The number of benzene rings is 7. The number of nitro benzene ring substituents is 1. The van der Waals surface area contributed by atoms with Gasteiger partial charge >= 0.3 is 0 Å². The summed E-state index contributed by atoms with van der Waals surface area (Å²) in [6.07, 6.45) is 0. The average Bonchev–Trinajstić information content (AvgIpc) is 3.79. The molecule has 3 heterocycles. The van der Waals surface area contributed by atoms with Gasteiger partial charge in [-0.1, -0.05) is 84.9 Å². The van der Waals surface area contributed by atoms with Gasteiger partial charge in [-0.2, -0.15) is 0 Å². The van der Waals surface area contributed by atoms with Crippen molar-refractivity contribution in [3.05, 3.63) is 162 Å². The Morgan fingerprint density at radius 3 is 1.55 bits per heavy atom. The Hall–Kier alpha value is -6.86. The molecule has 10 rings (SSSR count). The zero-order valence-electron chi connectivity index (χ0n) is 26.0. The first kappa shape index (κ1) is 27.3. The van der Waals surface area contributed by atoms with Gasteiger partial charge in [-0.05, 0) is 60.7 Å². The van der Waals surface area contributed by atoms with Crippen LogP contribution in [-0.2, 0) is 0 Å². The zero-order valence-corrected chi connectivity index (χ0v) is 26.0. The first-order valence-corrected chi connectivity index (χ1v) is 16.1. The molecule has 0 spiro atoms. The number of anilines is 2. The second-order valence-electron chi connectivity index (χ2n) is 12.3. The molecule has 0 fully saturated rings. The molecule has 0 aliphatic heterocycles. The molecular weight excluding hydrogens is 608 g/mol. The number of aromatic nitrogens is 2. The van der Waals surface area contributed by atoms with Gasteiger partial charge in [-0.15, -0.1) is 0 Å². The number of hydrogen-bond donors (Lipinski definition) is 1. The molecule has 0 amide bonds. The molecule has 0 bridgehead atoms. The lowest BCUT2D eigenvalue weighted by Gasteiger charge is -2.13. The van der Waals surface area contributed by atoms with E-state index in [0.717, 1.165) is 60.6 Å². The third kappa shape index (κ3) is 4.02. The Kier molecular flexibility index (Phi) is 5.74. The van der Waals surface area contributed by atoms with Gasteiger partial charge in [0.25, 0.3) is 5.69 Å². The van der Waals surface area contributed by atoms with Gasteiger partial charge in [0.2, 0.25) is 0 Å². The molecule has 1 N–H and O–H groups in total. The predicted molar refractivity (Wildman–Crippen MR) is 199 cm³/mol. The van der Waals surface area contributed by atoms with Crippen molar-refractivity contribution >= 4 is 82.6 Å². The highest BCUT2D eigenvalue weighted by molar-refractivity contribution is 6.14. The van der Waals surface area contributed by atoms with Crippen LogP contribution in [-0.4, -0.2) is 14.1 Å². The summed E-state index contributed by atoms with van der Waals surface area (Å²) in [6, 6.07) is 50.9. The van der Waals surface area contributed by atoms with Gasteiger partial charge in [-0.3, -0.25) is 10.1 Å². The molecule has 7 nitrogen and oxygen atoms in total. The first-order valence-electron chi connectivity index (χ1n) is 16.1. The molecule has 0 saturated carbocycles. The van der Waals surface area contributed by atoms with E-state index >= 15 is 0 Å². The summed E-state index contributed by atoms with van der Waals surface area (Å²) >= 11 is 0. The maximum atomic E-state index is 12.0. The van der Waals surface area contributed by atoms with Crippen LogP contribution in [0.1, 0.15) is 0 Å². The number of para-hydroxylation sites is 6. The van der Waals surface area contributed by atoms with Crippen molar-refractivity contribution in [2.75, 3.05) is 5.32 Å². The van der Waals surface area contributed by atoms with E-state index < -0.39 is 0 Å². The lowest BCUT2D eigenvalue weighted by Crippen LogP contribution is -1.99. The minimum Gasteiger partial charge on any atom is -0.454 e. The van der Waals surface area contributed by atoms with Crippen LogP contribution in [0, 0.1) is 10.1 Å². The molecule has 7 aromatic carbocycles. The third-order valence-corrected chi connectivity index (χ3v) is 9.59. The van der Waals surface area contributed by atoms with Crippen LogP contribution in [0.4, 0.5) is 17.1 Å². The van der Waals surface area contributed by atoms with E-state index in [-0.39, 0.29) is 10.6 Å². The maximum Gasteiger partial charge on any atom is 0.292 e. The van der Waals surface area contributed by atoms with Crippen LogP contribution in [0.5, 0.6) is 0 Å². The summed E-state index contributed by atoms with van der Waals surface area (Å²) in [5, 5.41) is 22.0. The zero-order chi connectivity index (χ0) is 32.6. The minimum atomic E-state index is -0.368. The van der Waals surface area contributed by atoms with Crippen LogP contribution in [0.3, 0.4) is 0 Å². The number of nitrogens with one attached hydrogen (secondary N) is 1. The summed E-state index contributed by atoms with van der Waals surface area (Å²) in [6.45, 7) is 0. The number of nitrogens with zero attached hydrogens (tertiary/aromatic N) is 3. The van der Waals surface area contributed by atoms with Gasteiger partial charge in [0.1, 0.15) is 11.3 Å². The topological polar surface area (TPSA) is 78.2 Å². The van der Waals surface area contributed by atoms with Crippen molar-refractivity contribution in [3.63, 3.8) is 0 Å². The summed E-state index contributed by atoms with van der Waals surface area (Å²) in [5.41, 5.74) is 8.68. The fraction of sp³-hybridized carbons (Fsp3) is 0. The Morgan fingerprint density at radius 2 is 0.980 bits per heavy atom. The molecule has 232 valence electrons. The Balaban J connectivity index is 1.28. The molecule has 10 aromatic rings. The lowest BCUT2D eigenvalue weighted by atomic mass is 10.1. The van der Waals surface area contributed by atoms with E-state index in [2.05, 4.69) is 118 Å². The van der Waals surface area contributed by atoms with Crippen LogP contribution in [0.2, 0.25) is 0 Å². The second kappa shape index (κ2) is 10.3. The summed E-state index contributed by atoms with van der Waals surface area (Å²) < 4.78 is 11.2. The van der Waals surface area contributed by atoms with Gasteiger partial charge in [-0.25, -0.2) is 0 Å². The number of hydrogen-bond acceptors (Lipinski definition) is 4. The molecule has 0 aliphatic rings. The Bertz CT molecular complexity index is 2860. The van der Waals surface area contributed by atoms with Gasteiger partial charge in [0.05, 0.1) is 32.7 Å². The largest absolute Gasteiger partial charge is 0.454 e. The first-order chi connectivity index (χ1) is 24.1. The van der Waals surface area contributed by atoms with Crippen molar-refractivity contribution in [1.82, 2.24) is 9.13 Å². The van der Waals surface area contributed by atoms with Crippen LogP contribution >= 0.6 is 0 Å². The van der Waals surface area contributed by atoms with Crippen molar-refractivity contribution in [1.29, 1.82) is 0 Å². The fourth-order valence-electron chi connectivity index (χ4n) is 7.50. The monoisotopic (exact) mass is 634 g/mol. The fourth-order valence-corrected chi connectivity index (χ4v) is 7.50. The molecule has 0 unspecified atom stereocenters. The van der Waals surface area contributed by atoms with E-state index in [1.165, 1.54) is 16.8 Å². The van der Waals surface area contributed by atoms with Crippen molar-refractivity contribution in [3.8, 4) is 11.4 Å². The van der Waals surface area contributed by atoms with E-state index in [0.29, 0.717) is 17.0 Å². The van der Waals surface area contributed by atoms with E-state index in [1.807, 2.05) is 24.3 Å². The van der Waals surface area contributed by atoms with E-state index in [1.54, 1.807) is 18.2 Å². The molecule has 0 aliphatic carbocycles. The summed E-state index contributed by atoms with van der Waals surface area (Å²) in [5.74, 6) is 0. The van der Waals surface area contributed by atoms with Crippen LogP contribution < -0.4 is 5.32 Å². The number of fused-ring (bicyclic) bond motifs is 9. The predicted octanol–water partition coefficient (Wildman–Crippen LogP) is 11.4. The van der Waals surface area contributed by atoms with Gasteiger partial charge < -0.3 is 18.9 Å². The maximum absolute atomic E-state index is 12.0. The molecular formula is C42H26N4O3. The third-order valence-electron chi connectivity index (χ3n) is 9.59. The van der Waals surface area contributed by atoms with E-state index in [9.17, 15) is 10.1 Å². The van der Waals surface area contributed by atoms with Crippen LogP contribution in [0.25, 0.3) is 76.9 Å². The smallest absolute Gasteiger partial charge is 0.292 e. The average molecular weight is 635 g/mol. The molecule has 0 atom stereocenters. The van der Waals surface area contributed by atoms with Crippen LogP contribution in [0.15, 0.2) is 156 Å². The highest BCUT2D eigenvalue weighted by Gasteiger charge is 2.21. The number of nitro groups is 1. The Labute approximate surface area is 279 Å². The van der Waals surface area contributed by atoms with E-state index in [4.69, 9.17) is 4.42 Å². The SMILES string of the molecule is O=[N+]([O-])c1ccccc1Nc1cc(-n2c3ccccc3c3ccccc32)cc2c1oc1ccc(-n3c4ccccc4c4ccccc43)cc12. The molecule has 0 radical (unpaired) electrons. The summed E-state index contributed by atoms with van der Waals surface area (Å²) in [7, 11) is 0. The molecule has 0 saturated heterocycles. The summed E-state index contributed by atoms with van der Waals surface area (Å²) in [4.78, 5) is 11.7. The Morgan fingerprint density at radius 1 is 0.490 bits per heavy atom. The van der Waals surface area contributed by atoms with Gasteiger partial charge in [0, 0.05) is 49.8 Å². The quantitative estimate of drug-likeness (QED) is 0.151. The number of furan rings is 1. The molecule has 49 heavy (non-hydrogen) atoms. The highest BCUT2D eigenvalue weighted by Crippen LogP contribution is 2.42. The highest BCUT2D eigenvalue weighted by atomic mass is 16.6. The normalized spacial score (nSPS) is 11.8. The second-order valence-corrected chi connectivity index (χ2v) is 12.3. The standard InChI is InChI=1S/C42H26N4O3/c47-46(48)40-20-10-5-15-34(40)43-35-25-27(45-38-18-8-3-13-30(38)31-14-4-9-19-39(31)45)24-33-32-23-26(21-22-41(32)49-42(33)35)44-36-16-6-1-11-28(36)29-12-2-7-17-37(29)44/h1-25,43H. The van der Waals surface area contributed by atoms with Gasteiger partial charge in [0.15, 0.2) is 5.58 Å². The lowest BCUT2D eigenvalue weighted by molar-refractivity contribution is -0.383. The molecule has 7 heteroatoms. The number of rotatable bonds is 5. The van der Waals surface area contributed by atoms with Crippen molar-refractivity contribution < 1.29 is 9.34 Å². The van der Waals surface area contributed by atoms with Crippen molar-refractivity contribution in [2.24, 2.45) is 0 Å². The minimum absolute atomic E-state index is 0.0114. The van der Waals surface area contributed by atoms with Crippen molar-refractivity contribution in [2.45, 2.75) is 0 Å².